The average Bonchev–Trinajstić information content (AvgIpc) is 2.96. The number of carbonyl (C=O) groups excluding carboxylic acids is 1. The first kappa shape index (κ1) is 20.4. The highest BCUT2D eigenvalue weighted by Gasteiger charge is 2.22. The Morgan fingerprint density at radius 2 is 2.04 bits per heavy atom. The van der Waals surface area contributed by atoms with Gasteiger partial charge in [0.1, 0.15) is 0 Å². The first-order valence-corrected chi connectivity index (χ1v) is 9.01. The summed E-state index contributed by atoms with van der Waals surface area (Å²) in [6.07, 6.45) is 2.52. The Morgan fingerprint density at radius 1 is 1.35 bits per heavy atom. The van der Waals surface area contributed by atoms with Gasteiger partial charge in [0.2, 0.25) is 11.9 Å². The largest absolute Gasteiger partial charge is 0.317 e. The van der Waals surface area contributed by atoms with Gasteiger partial charge in [-0.3, -0.25) is 10.1 Å². The molecule has 2 N–H and O–H groups in total. The Hall–Kier alpha value is -1.92. The molecule has 0 saturated carbocycles. The summed E-state index contributed by atoms with van der Waals surface area (Å²) in [4.78, 5) is 17.0. The number of hydrogen-bond donors (Lipinski definition) is 2. The van der Waals surface area contributed by atoms with E-state index in [0.717, 1.165) is 31.8 Å². The first-order valence-electron chi connectivity index (χ1n) is 9.01. The van der Waals surface area contributed by atoms with Crippen molar-refractivity contribution in [2.75, 3.05) is 18.4 Å². The van der Waals surface area contributed by atoms with Gasteiger partial charge in [-0.05, 0) is 49.9 Å². The highest BCUT2D eigenvalue weighted by atomic mass is 35.5. The minimum absolute atomic E-state index is 0. The van der Waals surface area contributed by atoms with E-state index >= 15 is 0 Å². The lowest BCUT2D eigenvalue weighted by Gasteiger charge is -2.19. The Morgan fingerprint density at radius 3 is 2.73 bits per heavy atom. The fourth-order valence-corrected chi connectivity index (χ4v) is 3.47. The summed E-state index contributed by atoms with van der Waals surface area (Å²) in [7, 11) is 1.83. The zero-order valence-electron chi connectivity index (χ0n) is 15.7. The third-order valence-electron chi connectivity index (χ3n) is 4.95. The Kier molecular flexibility index (Phi) is 7.17. The van der Waals surface area contributed by atoms with Crippen molar-refractivity contribution >= 4 is 24.3 Å². The van der Waals surface area contributed by atoms with Crippen LogP contribution < -0.4 is 10.6 Å². The summed E-state index contributed by atoms with van der Waals surface area (Å²) in [5.41, 5.74) is 2.43. The predicted molar refractivity (Wildman–Crippen MR) is 106 cm³/mol. The molecular weight excluding hydrogens is 350 g/mol. The molecule has 1 saturated heterocycles. The van der Waals surface area contributed by atoms with Crippen LogP contribution in [0.3, 0.4) is 0 Å². The van der Waals surface area contributed by atoms with E-state index in [2.05, 4.69) is 46.7 Å². The van der Waals surface area contributed by atoms with Crippen molar-refractivity contribution in [3.05, 3.63) is 41.2 Å². The molecule has 1 amide bonds. The maximum absolute atomic E-state index is 12.4. The van der Waals surface area contributed by atoms with Gasteiger partial charge in [-0.1, -0.05) is 31.2 Å². The van der Waals surface area contributed by atoms with Crippen LogP contribution >= 0.6 is 12.4 Å². The number of anilines is 1. The molecule has 1 fully saturated rings. The van der Waals surface area contributed by atoms with Crippen molar-refractivity contribution < 1.29 is 4.79 Å². The lowest BCUT2D eigenvalue weighted by atomic mass is 9.93. The molecule has 0 bridgehead atoms. The van der Waals surface area contributed by atoms with E-state index in [9.17, 15) is 4.79 Å². The van der Waals surface area contributed by atoms with Gasteiger partial charge < -0.3 is 5.32 Å². The average molecular weight is 378 g/mol. The van der Waals surface area contributed by atoms with E-state index in [-0.39, 0.29) is 24.2 Å². The van der Waals surface area contributed by atoms with Crippen LogP contribution in [0, 0.1) is 6.92 Å². The molecule has 1 aromatic heterocycles. The summed E-state index contributed by atoms with van der Waals surface area (Å²) >= 11 is 0. The van der Waals surface area contributed by atoms with E-state index in [1.165, 1.54) is 11.1 Å². The molecule has 0 radical (unpaired) electrons. The van der Waals surface area contributed by atoms with Gasteiger partial charge in [0.05, 0.1) is 0 Å². The van der Waals surface area contributed by atoms with Gasteiger partial charge in [0.15, 0.2) is 5.82 Å². The molecule has 3 rings (SSSR count). The van der Waals surface area contributed by atoms with Crippen LogP contribution in [0.2, 0.25) is 0 Å². The van der Waals surface area contributed by atoms with Gasteiger partial charge in [-0.25, -0.2) is 4.68 Å². The normalized spacial score (nSPS) is 16.0. The van der Waals surface area contributed by atoms with Crippen LogP contribution in [0.4, 0.5) is 5.95 Å². The van der Waals surface area contributed by atoms with Crippen LogP contribution in [0.15, 0.2) is 24.3 Å². The van der Waals surface area contributed by atoms with Gasteiger partial charge in [-0.15, -0.1) is 12.4 Å². The maximum Gasteiger partial charge on any atom is 0.227 e. The molecule has 142 valence electrons. The predicted octanol–water partition coefficient (Wildman–Crippen LogP) is 3.14. The molecule has 1 unspecified atom stereocenters. The standard InChI is InChI=1S/C19H27N5O.ClH/c1-13-6-4-5-7-16(13)14(2)12-17(25)21-19-22-18(23-24(19)3)15-8-10-20-11-9-15;/h4-7,14-15,20H,8-12H2,1-3H3,(H,21,22,23,25);1H. The van der Waals surface area contributed by atoms with E-state index in [0.29, 0.717) is 18.3 Å². The van der Waals surface area contributed by atoms with E-state index in [1.807, 2.05) is 19.2 Å². The summed E-state index contributed by atoms with van der Waals surface area (Å²) in [6.45, 7) is 6.16. The fourth-order valence-electron chi connectivity index (χ4n) is 3.47. The van der Waals surface area contributed by atoms with Crippen LogP contribution in [-0.4, -0.2) is 33.8 Å². The van der Waals surface area contributed by atoms with E-state index in [4.69, 9.17) is 0 Å². The molecule has 6 nitrogen and oxygen atoms in total. The molecule has 2 aromatic rings. The highest BCUT2D eigenvalue weighted by Crippen LogP contribution is 2.25. The number of benzene rings is 1. The topological polar surface area (TPSA) is 71.8 Å². The highest BCUT2D eigenvalue weighted by molar-refractivity contribution is 5.89. The van der Waals surface area contributed by atoms with Crippen LogP contribution in [0.5, 0.6) is 0 Å². The van der Waals surface area contributed by atoms with Gasteiger partial charge in [0, 0.05) is 19.4 Å². The lowest BCUT2D eigenvalue weighted by Crippen LogP contribution is -2.27. The minimum Gasteiger partial charge on any atom is -0.317 e. The van der Waals surface area contributed by atoms with Crippen molar-refractivity contribution in [3.63, 3.8) is 0 Å². The first-order chi connectivity index (χ1) is 12.0. The summed E-state index contributed by atoms with van der Waals surface area (Å²) in [5, 5.41) is 10.8. The number of piperidine rings is 1. The fraction of sp³-hybridized carbons (Fsp3) is 0.526. The van der Waals surface area contributed by atoms with Crippen LogP contribution in [-0.2, 0) is 11.8 Å². The molecular formula is C19H28ClN5O. The molecule has 1 aromatic carbocycles. The molecule has 1 aliphatic heterocycles. The zero-order chi connectivity index (χ0) is 17.8. The quantitative estimate of drug-likeness (QED) is 0.839. The van der Waals surface area contributed by atoms with Crippen molar-refractivity contribution in [2.24, 2.45) is 7.05 Å². The second-order valence-corrected chi connectivity index (χ2v) is 6.95. The number of aromatic nitrogens is 3. The molecule has 0 aliphatic carbocycles. The minimum atomic E-state index is -0.0249. The van der Waals surface area contributed by atoms with Gasteiger partial charge in [0.25, 0.3) is 0 Å². The lowest BCUT2D eigenvalue weighted by molar-refractivity contribution is -0.116. The summed E-state index contributed by atoms with van der Waals surface area (Å²) in [6, 6.07) is 8.21. The molecule has 1 atom stereocenters. The third-order valence-corrected chi connectivity index (χ3v) is 4.95. The molecule has 1 aliphatic rings. The SMILES string of the molecule is Cc1ccccc1C(C)CC(=O)Nc1nc(C2CCNCC2)nn1C.Cl. The second kappa shape index (κ2) is 9.14. The Balaban J connectivity index is 0.00000243. The van der Waals surface area contributed by atoms with Crippen molar-refractivity contribution in [1.29, 1.82) is 0 Å². The van der Waals surface area contributed by atoms with Gasteiger partial charge in [-0.2, -0.15) is 10.1 Å². The van der Waals surface area contributed by atoms with Crippen LogP contribution in [0.25, 0.3) is 0 Å². The maximum atomic E-state index is 12.4. The Labute approximate surface area is 161 Å². The number of amides is 1. The monoisotopic (exact) mass is 377 g/mol. The third kappa shape index (κ3) is 4.83. The van der Waals surface area contributed by atoms with Crippen molar-refractivity contribution in [2.45, 2.75) is 44.9 Å². The second-order valence-electron chi connectivity index (χ2n) is 6.95. The van der Waals surface area contributed by atoms with Gasteiger partial charge >= 0.3 is 0 Å². The number of hydrogen-bond acceptors (Lipinski definition) is 4. The summed E-state index contributed by atoms with van der Waals surface area (Å²) < 4.78 is 1.67. The number of carbonyl (C=O) groups is 1. The summed E-state index contributed by atoms with van der Waals surface area (Å²) in [5.74, 6) is 1.90. The molecule has 0 spiro atoms. The van der Waals surface area contributed by atoms with Crippen molar-refractivity contribution in [1.82, 2.24) is 20.1 Å². The van der Waals surface area contributed by atoms with Crippen molar-refractivity contribution in [3.8, 4) is 0 Å². The van der Waals surface area contributed by atoms with Crippen LogP contribution in [0.1, 0.15) is 55.0 Å². The smallest absolute Gasteiger partial charge is 0.227 e. The number of nitrogens with zero attached hydrogens (tertiary/aromatic N) is 3. The Bertz CT molecular complexity index is 739. The molecule has 7 heteroatoms. The number of halogens is 1. The zero-order valence-corrected chi connectivity index (χ0v) is 16.5. The molecule has 2 heterocycles. The van der Waals surface area contributed by atoms with E-state index < -0.39 is 0 Å². The number of aryl methyl sites for hydroxylation is 2. The number of nitrogens with one attached hydrogen (secondary N) is 2. The van der Waals surface area contributed by atoms with E-state index in [1.54, 1.807) is 4.68 Å². The molecule has 26 heavy (non-hydrogen) atoms. The number of rotatable bonds is 5.